The molecule has 0 radical (unpaired) electrons. The summed E-state index contributed by atoms with van der Waals surface area (Å²) >= 11 is 10.7. The van der Waals surface area contributed by atoms with Gasteiger partial charge in [0.1, 0.15) is 5.82 Å². The Bertz CT molecular complexity index is 710. The lowest BCUT2D eigenvalue weighted by Crippen LogP contribution is -2.33. The summed E-state index contributed by atoms with van der Waals surface area (Å²) in [5.74, 6) is -1.51. The molecule has 8 heteroatoms. The standard InChI is InChI=1S/C14H11ClFN3O2S/c15-11-7-10(5-6-12(11)16)17-14(22)19-18-9-3-1-8(2-4-9)13(20)21/h1-7,18H,(H,20,21)(H2,17,19,22). The maximum absolute atomic E-state index is 13.0. The summed E-state index contributed by atoms with van der Waals surface area (Å²) in [5, 5.41) is 11.8. The molecule has 0 aliphatic carbocycles. The highest BCUT2D eigenvalue weighted by atomic mass is 35.5. The number of anilines is 2. The largest absolute Gasteiger partial charge is 0.478 e. The van der Waals surface area contributed by atoms with Gasteiger partial charge in [-0.25, -0.2) is 9.18 Å². The molecule has 0 bridgehead atoms. The number of nitrogens with one attached hydrogen (secondary N) is 3. The van der Waals surface area contributed by atoms with E-state index < -0.39 is 11.8 Å². The Morgan fingerprint density at radius 3 is 2.36 bits per heavy atom. The minimum absolute atomic E-state index is 0.00924. The molecule has 0 amide bonds. The Morgan fingerprint density at radius 1 is 1.14 bits per heavy atom. The zero-order valence-corrected chi connectivity index (χ0v) is 12.6. The summed E-state index contributed by atoms with van der Waals surface area (Å²) in [4.78, 5) is 10.7. The molecule has 114 valence electrons. The molecule has 2 rings (SSSR count). The van der Waals surface area contributed by atoms with Crippen molar-refractivity contribution in [2.24, 2.45) is 0 Å². The van der Waals surface area contributed by atoms with Crippen molar-refractivity contribution in [1.29, 1.82) is 0 Å². The number of aromatic carboxylic acids is 1. The molecular weight excluding hydrogens is 329 g/mol. The average Bonchev–Trinajstić information content (AvgIpc) is 2.49. The van der Waals surface area contributed by atoms with Crippen LogP contribution in [0.3, 0.4) is 0 Å². The maximum Gasteiger partial charge on any atom is 0.335 e. The highest BCUT2D eigenvalue weighted by molar-refractivity contribution is 7.80. The third-order valence-corrected chi connectivity index (χ3v) is 3.12. The maximum atomic E-state index is 13.0. The molecule has 0 unspecified atom stereocenters. The summed E-state index contributed by atoms with van der Waals surface area (Å²) < 4.78 is 13.0. The molecular formula is C14H11ClFN3O2S. The van der Waals surface area contributed by atoms with Crippen molar-refractivity contribution in [3.63, 3.8) is 0 Å². The molecule has 0 saturated carbocycles. The molecule has 22 heavy (non-hydrogen) atoms. The first-order valence-electron chi connectivity index (χ1n) is 6.07. The van der Waals surface area contributed by atoms with Crippen molar-refractivity contribution in [2.45, 2.75) is 0 Å². The first-order chi connectivity index (χ1) is 10.5. The zero-order valence-electron chi connectivity index (χ0n) is 11.1. The van der Waals surface area contributed by atoms with Gasteiger partial charge in [-0.1, -0.05) is 11.6 Å². The summed E-state index contributed by atoms with van der Waals surface area (Å²) in [7, 11) is 0. The van der Waals surface area contributed by atoms with Gasteiger partial charge in [0, 0.05) is 5.69 Å². The monoisotopic (exact) mass is 339 g/mol. The van der Waals surface area contributed by atoms with Gasteiger partial charge >= 0.3 is 5.97 Å². The first kappa shape index (κ1) is 16.0. The number of carboxylic acid groups (broad SMARTS) is 1. The minimum atomic E-state index is -0.995. The number of rotatable bonds is 4. The number of carbonyl (C=O) groups is 1. The SMILES string of the molecule is O=C(O)c1ccc(NNC(=S)Nc2ccc(F)c(Cl)c2)cc1. The third kappa shape index (κ3) is 4.31. The first-order valence-corrected chi connectivity index (χ1v) is 6.86. The van der Waals surface area contributed by atoms with Crippen LogP contribution in [-0.4, -0.2) is 16.2 Å². The number of benzene rings is 2. The number of thiocarbonyl (C=S) groups is 1. The third-order valence-electron chi connectivity index (χ3n) is 2.63. The average molecular weight is 340 g/mol. The second-order valence-electron chi connectivity index (χ2n) is 4.22. The smallest absolute Gasteiger partial charge is 0.335 e. The summed E-state index contributed by atoms with van der Waals surface area (Å²) in [6.07, 6.45) is 0. The van der Waals surface area contributed by atoms with Crippen LogP contribution in [0, 0.1) is 5.82 Å². The number of hydrogen-bond donors (Lipinski definition) is 4. The van der Waals surface area contributed by atoms with Gasteiger partial charge in [-0.05, 0) is 54.7 Å². The molecule has 4 N–H and O–H groups in total. The van der Waals surface area contributed by atoms with Crippen LogP contribution in [-0.2, 0) is 0 Å². The van der Waals surface area contributed by atoms with E-state index in [1.54, 1.807) is 12.1 Å². The number of hydrogen-bond acceptors (Lipinski definition) is 3. The van der Waals surface area contributed by atoms with Crippen molar-refractivity contribution < 1.29 is 14.3 Å². The van der Waals surface area contributed by atoms with Crippen LogP contribution < -0.4 is 16.2 Å². The molecule has 0 heterocycles. The van der Waals surface area contributed by atoms with Gasteiger partial charge < -0.3 is 10.4 Å². The molecule has 0 aromatic heterocycles. The Morgan fingerprint density at radius 2 is 1.77 bits per heavy atom. The fraction of sp³-hybridized carbons (Fsp3) is 0. The van der Waals surface area contributed by atoms with E-state index in [-0.39, 0.29) is 15.7 Å². The Hall–Kier alpha value is -2.38. The summed E-state index contributed by atoms with van der Waals surface area (Å²) in [5.41, 5.74) is 6.87. The Balaban J connectivity index is 1.89. The predicted octanol–water partition coefficient (Wildman–Crippen LogP) is 3.49. The highest BCUT2D eigenvalue weighted by Crippen LogP contribution is 2.19. The van der Waals surface area contributed by atoms with Crippen LogP contribution in [0.4, 0.5) is 15.8 Å². The van der Waals surface area contributed by atoms with Crippen LogP contribution in [0.25, 0.3) is 0 Å². The normalized spacial score (nSPS) is 9.91. The Kier molecular flexibility index (Phi) is 5.13. The van der Waals surface area contributed by atoms with Gasteiger partial charge in [-0.15, -0.1) is 0 Å². The highest BCUT2D eigenvalue weighted by Gasteiger charge is 2.04. The van der Waals surface area contributed by atoms with Crippen LogP contribution in [0.2, 0.25) is 5.02 Å². The fourth-order valence-corrected chi connectivity index (χ4v) is 1.91. The topological polar surface area (TPSA) is 73.4 Å². The van der Waals surface area contributed by atoms with E-state index in [9.17, 15) is 9.18 Å². The van der Waals surface area contributed by atoms with E-state index in [1.165, 1.54) is 30.3 Å². The van der Waals surface area contributed by atoms with Crippen LogP contribution in [0.5, 0.6) is 0 Å². The van der Waals surface area contributed by atoms with Gasteiger partial charge in [0.25, 0.3) is 0 Å². The van der Waals surface area contributed by atoms with E-state index >= 15 is 0 Å². The quantitative estimate of drug-likeness (QED) is 0.505. The molecule has 0 saturated heterocycles. The second-order valence-corrected chi connectivity index (χ2v) is 5.03. The van der Waals surface area contributed by atoms with Crippen molar-refractivity contribution in [3.05, 3.63) is 58.9 Å². The lowest BCUT2D eigenvalue weighted by Gasteiger charge is -2.13. The van der Waals surface area contributed by atoms with E-state index in [1.807, 2.05) is 0 Å². The molecule has 0 atom stereocenters. The van der Waals surface area contributed by atoms with E-state index in [4.69, 9.17) is 28.9 Å². The Labute approximate surface area is 136 Å². The molecule has 0 fully saturated rings. The molecule has 0 aliphatic heterocycles. The van der Waals surface area contributed by atoms with E-state index in [2.05, 4.69) is 16.2 Å². The molecule has 0 aliphatic rings. The molecule has 0 spiro atoms. The van der Waals surface area contributed by atoms with Crippen LogP contribution in [0.1, 0.15) is 10.4 Å². The molecule has 2 aromatic carbocycles. The number of carboxylic acids is 1. The van der Waals surface area contributed by atoms with Crippen molar-refractivity contribution >= 4 is 46.3 Å². The van der Waals surface area contributed by atoms with Crippen molar-refractivity contribution in [1.82, 2.24) is 5.43 Å². The summed E-state index contributed by atoms with van der Waals surface area (Å²) in [6.45, 7) is 0. The number of hydrazine groups is 1. The lowest BCUT2D eigenvalue weighted by molar-refractivity contribution is 0.0697. The van der Waals surface area contributed by atoms with E-state index in [0.717, 1.165) is 0 Å². The molecule has 5 nitrogen and oxygen atoms in total. The van der Waals surface area contributed by atoms with Gasteiger partial charge in [0.05, 0.1) is 16.3 Å². The minimum Gasteiger partial charge on any atom is -0.478 e. The predicted molar refractivity (Wildman–Crippen MR) is 87.8 cm³/mol. The van der Waals surface area contributed by atoms with Gasteiger partial charge in [-0.3, -0.25) is 10.9 Å². The zero-order chi connectivity index (χ0) is 16.1. The second kappa shape index (κ2) is 7.06. The van der Waals surface area contributed by atoms with Crippen LogP contribution >= 0.6 is 23.8 Å². The van der Waals surface area contributed by atoms with Gasteiger partial charge in [0.2, 0.25) is 0 Å². The van der Waals surface area contributed by atoms with E-state index in [0.29, 0.717) is 11.4 Å². The van der Waals surface area contributed by atoms with Gasteiger partial charge in [-0.2, -0.15) is 0 Å². The lowest BCUT2D eigenvalue weighted by atomic mass is 10.2. The van der Waals surface area contributed by atoms with Crippen molar-refractivity contribution in [3.8, 4) is 0 Å². The van der Waals surface area contributed by atoms with Gasteiger partial charge in [0.15, 0.2) is 5.11 Å². The summed E-state index contributed by atoms with van der Waals surface area (Å²) in [6, 6.07) is 10.2. The number of halogens is 2. The fourth-order valence-electron chi connectivity index (χ4n) is 1.56. The van der Waals surface area contributed by atoms with Crippen LogP contribution in [0.15, 0.2) is 42.5 Å². The van der Waals surface area contributed by atoms with Crippen molar-refractivity contribution in [2.75, 3.05) is 10.7 Å². The molecule has 2 aromatic rings.